The molecule has 1 rings (SSSR count). The quantitative estimate of drug-likeness (QED) is 0.847. The fourth-order valence-corrected chi connectivity index (χ4v) is 1.61. The summed E-state index contributed by atoms with van der Waals surface area (Å²) in [5, 5.41) is 10.6. The minimum Gasteiger partial charge on any atom is -0.480 e. The summed E-state index contributed by atoms with van der Waals surface area (Å²) in [7, 11) is 1.20. The molecule has 6 nitrogen and oxygen atoms in total. The van der Waals surface area contributed by atoms with Gasteiger partial charge >= 0.3 is 12.1 Å². The van der Waals surface area contributed by atoms with Gasteiger partial charge in [-0.2, -0.15) is 13.2 Å². The van der Waals surface area contributed by atoms with Crippen LogP contribution in [0.4, 0.5) is 13.2 Å². The van der Waals surface area contributed by atoms with Crippen molar-refractivity contribution >= 4 is 17.8 Å². The molecule has 1 aromatic rings. The third-order valence-electron chi connectivity index (χ3n) is 2.68. The third kappa shape index (κ3) is 4.76. The molecule has 120 valence electrons. The highest BCUT2D eigenvalue weighted by Crippen LogP contribution is 2.31. The Morgan fingerprint density at radius 1 is 1.23 bits per heavy atom. The zero-order chi connectivity index (χ0) is 16.9. The second-order valence-corrected chi connectivity index (χ2v) is 4.37. The van der Waals surface area contributed by atoms with Gasteiger partial charge in [0.05, 0.1) is 17.7 Å². The number of likely N-dealkylation sites (N-methyl/N-ethyl adjacent to an activating group) is 1. The van der Waals surface area contributed by atoms with Gasteiger partial charge in [-0.25, -0.2) is 0 Å². The molecular weight excluding hydrogens is 305 g/mol. The Morgan fingerprint density at radius 2 is 1.82 bits per heavy atom. The van der Waals surface area contributed by atoms with Gasteiger partial charge in [0.25, 0.3) is 5.91 Å². The highest BCUT2D eigenvalue weighted by molar-refractivity contribution is 5.98. The van der Waals surface area contributed by atoms with Crippen molar-refractivity contribution in [1.29, 1.82) is 0 Å². The van der Waals surface area contributed by atoms with E-state index in [1.54, 1.807) is 0 Å². The molecule has 0 saturated heterocycles. The van der Waals surface area contributed by atoms with Crippen molar-refractivity contribution in [2.75, 3.05) is 20.1 Å². The van der Waals surface area contributed by atoms with E-state index in [1.807, 2.05) is 5.32 Å². The van der Waals surface area contributed by atoms with E-state index >= 15 is 0 Å². The van der Waals surface area contributed by atoms with Crippen molar-refractivity contribution in [2.45, 2.75) is 6.18 Å². The topological polar surface area (TPSA) is 86.7 Å². The second kappa shape index (κ2) is 6.92. The molecule has 1 aromatic carbocycles. The minimum absolute atomic E-state index is 0.576. The molecule has 0 aliphatic carbocycles. The van der Waals surface area contributed by atoms with E-state index in [1.165, 1.54) is 13.1 Å². The number of halogens is 3. The van der Waals surface area contributed by atoms with E-state index in [0.29, 0.717) is 0 Å². The molecular formula is C13H13F3N2O4. The molecule has 2 amide bonds. The Balaban J connectivity index is 2.75. The fourth-order valence-electron chi connectivity index (χ4n) is 1.61. The predicted molar refractivity (Wildman–Crippen MR) is 69.1 cm³/mol. The first-order valence-electron chi connectivity index (χ1n) is 6.03. The highest BCUT2D eigenvalue weighted by Gasteiger charge is 2.34. The normalized spacial score (nSPS) is 10.9. The standard InChI is InChI=1S/C13H13F3N2O4/c1-18(7-11(20)21)10(19)6-17-12(22)8-4-2-3-5-9(8)13(14,15)16/h2-5H,6-7H2,1H3,(H,17,22)(H,20,21). The number of benzene rings is 1. The largest absolute Gasteiger partial charge is 0.480 e. The van der Waals surface area contributed by atoms with Crippen LogP contribution in [0.15, 0.2) is 24.3 Å². The Hall–Kier alpha value is -2.58. The van der Waals surface area contributed by atoms with Crippen molar-refractivity contribution in [2.24, 2.45) is 0 Å². The first-order chi connectivity index (χ1) is 10.1. The maximum atomic E-state index is 12.8. The lowest BCUT2D eigenvalue weighted by molar-refractivity contribution is -0.143. The van der Waals surface area contributed by atoms with Crippen LogP contribution in [0.5, 0.6) is 0 Å². The second-order valence-electron chi connectivity index (χ2n) is 4.37. The molecule has 2 N–H and O–H groups in total. The van der Waals surface area contributed by atoms with Gasteiger partial charge in [-0.15, -0.1) is 0 Å². The van der Waals surface area contributed by atoms with Gasteiger partial charge in [-0.1, -0.05) is 12.1 Å². The average molecular weight is 318 g/mol. The number of hydrogen-bond acceptors (Lipinski definition) is 3. The van der Waals surface area contributed by atoms with Crippen LogP contribution in [0, 0.1) is 0 Å². The number of amides is 2. The van der Waals surface area contributed by atoms with Crippen LogP contribution >= 0.6 is 0 Å². The van der Waals surface area contributed by atoms with Crippen LogP contribution in [-0.2, 0) is 15.8 Å². The molecule has 0 radical (unpaired) electrons. The minimum atomic E-state index is -4.70. The van der Waals surface area contributed by atoms with Crippen LogP contribution < -0.4 is 5.32 Å². The molecule has 0 heterocycles. The maximum absolute atomic E-state index is 12.8. The molecule has 22 heavy (non-hydrogen) atoms. The lowest BCUT2D eigenvalue weighted by Gasteiger charge is -2.16. The summed E-state index contributed by atoms with van der Waals surface area (Å²) >= 11 is 0. The first kappa shape index (κ1) is 17.5. The van der Waals surface area contributed by atoms with Crippen LogP contribution in [0.25, 0.3) is 0 Å². The summed E-state index contributed by atoms with van der Waals surface area (Å²) in [6, 6.07) is 4.16. The number of carbonyl (C=O) groups is 3. The number of aliphatic carboxylic acids is 1. The Labute approximate surface area is 123 Å². The molecule has 0 spiro atoms. The van der Waals surface area contributed by atoms with Gasteiger partial charge < -0.3 is 15.3 Å². The molecule has 0 unspecified atom stereocenters. The van der Waals surface area contributed by atoms with E-state index in [0.717, 1.165) is 23.1 Å². The number of rotatable bonds is 5. The van der Waals surface area contributed by atoms with E-state index in [-0.39, 0.29) is 0 Å². The molecule has 0 saturated carbocycles. The molecule has 0 aromatic heterocycles. The number of carboxylic acid groups (broad SMARTS) is 1. The van der Waals surface area contributed by atoms with Crippen molar-refractivity contribution < 1.29 is 32.7 Å². The van der Waals surface area contributed by atoms with E-state index in [4.69, 9.17) is 5.11 Å². The molecule has 0 aliphatic heterocycles. The average Bonchev–Trinajstić information content (AvgIpc) is 2.42. The summed E-state index contributed by atoms with van der Waals surface area (Å²) in [6.45, 7) is -1.18. The smallest absolute Gasteiger partial charge is 0.417 e. The number of hydrogen-bond donors (Lipinski definition) is 2. The highest BCUT2D eigenvalue weighted by atomic mass is 19.4. The van der Waals surface area contributed by atoms with E-state index < -0.39 is 48.2 Å². The van der Waals surface area contributed by atoms with Gasteiger partial charge in [0.1, 0.15) is 6.54 Å². The summed E-state index contributed by atoms with van der Waals surface area (Å²) in [5.74, 6) is -3.05. The summed E-state index contributed by atoms with van der Waals surface area (Å²) in [6.07, 6.45) is -4.70. The van der Waals surface area contributed by atoms with Gasteiger partial charge in [-0.05, 0) is 12.1 Å². The van der Waals surface area contributed by atoms with Gasteiger partial charge in [0.15, 0.2) is 0 Å². The number of carbonyl (C=O) groups excluding carboxylic acids is 2. The van der Waals surface area contributed by atoms with Crippen molar-refractivity contribution in [3.8, 4) is 0 Å². The number of alkyl halides is 3. The fraction of sp³-hybridized carbons (Fsp3) is 0.308. The maximum Gasteiger partial charge on any atom is 0.417 e. The molecule has 9 heteroatoms. The van der Waals surface area contributed by atoms with E-state index in [2.05, 4.69) is 0 Å². The zero-order valence-corrected chi connectivity index (χ0v) is 11.5. The van der Waals surface area contributed by atoms with E-state index in [9.17, 15) is 27.6 Å². The predicted octanol–water partition coefficient (Wildman–Crippen LogP) is 0.978. The van der Waals surface area contributed by atoms with Crippen LogP contribution in [0.1, 0.15) is 15.9 Å². The molecule has 0 aliphatic rings. The van der Waals surface area contributed by atoms with Crippen molar-refractivity contribution in [3.05, 3.63) is 35.4 Å². The Kier molecular flexibility index (Phi) is 5.50. The van der Waals surface area contributed by atoms with Gasteiger partial charge in [-0.3, -0.25) is 14.4 Å². The number of nitrogens with zero attached hydrogens (tertiary/aromatic N) is 1. The van der Waals surface area contributed by atoms with Crippen LogP contribution in [0.2, 0.25) is 0 Å². The van der Waals surface area contributed by atoms with Crippen molar-refractivity contribution in [3.63, 3.8) is 0 Å². The van der Waals surface area contributed by atoms with Crippen LogP contribution in [0.3, 0.4) is 0 Å². The summed E-state index contributed by atoms with van der Waals surface area (Å²) in [5.41, 5.74) is -1.72. The summed E-state index contributed by atoms with van der Waals surface area (Å²) < 4.78 is 38.3. The monoisotopic (exact) mass is 318 g/mol. The Morgan fingerprint density at radius 3 is 2.36 bits per heavy atom. The lowest BCUT2D eigenvalue weighted by Crippen LogP contribution is -2.40. The van der Waals surface area contributed by atoms with Gasteiger partial charge in [0.2, 0.25) is 5.91 Å². The number of nitrogens with one attached hydrogen (secondary N) is 1. The zero-order valence-electron chi connectivity index (χ0n) is 11.5. The molecule has 0 atom stereocenters. The van der Waals surface area contributed by atoms with Crippen molar-refractivity contribution in [1.82, 2.24) is 10.2 Å². The van der Waals surface area contributed by atoms with Gasteiger partial charge in [0, 0.05) is 7.05 Å². The lowest BCUT2D eigenvalue weighted by atomic mass is 10.1. The summed E-state index contributed by atoms with van der Waals surface area (Å²) in [4.78, 5) is 34.5. The van der Waals surface area contributed by atoms with Crippen LogP contribution in [-0.4, -0.2) is 47.9 Å². The Bertz CT molecular complexity index is 587. The molecule has 0 fully saturated rings. The third-order valence-corrected chi connectivity index (χ3v) is 2.68. The molecule has 0 bridgehead atoms. The SMILES string of the molecule is CN(CC(=O)O)C(=O)CNC(=O)c1ccccc1C(F)(F)F. The number of carboxylic acids is 1. The first-order valence-corrected chi connectivity index (χ1v) is 6.03.